The molecule has 3 rings (SSSR count). The second-order valence-corrected chi connectivity index (χ2v) is 9.83. The molecule has 1 heterocycles. The smallest absolute Gasteiger partial charge is 0.243 e. The Labute approximate surface area is 166 Å². The normalized spacial score (nSPS) is 17.9. The average molecular weight is 404 g/mol. The van der Waals surface area contributed by atoms with Crippen LogP contribution in [-0.4, -0.2) is 36.2 Å². The molecule has 1 unspecified atom stereocenters. The van der Waals surface area contributed by atoms with Crippen molar-refractivity contribution in [3.05, 3.63) is 65.7 Å². The molecule has 1 fully saturated rings. The minimum atomic E-state index is -3.62. The van der Waals surface area contributed by atoms with Gasteiger partial charge in [-0.25, -0.2) is 8.42 Å². The summed E-state index contributed by atoms with van der Waals surface area (Å²) in [4.78, 5) is 12.9. The lowest BCUT2D eigenvalue weighted by Gasteiger charge is -2.22. The van der Waals surface area contributed by atoms with Gasteiger partial charge in [0.2, 0.25) is 15.1 Å². The van der Waals surface area contributed by atoms with Crippen LogP contribution >= 0.6 is 11.8 Å². The molecular formula is C21H25NO3S2. The quantitative estimate of drug-likeness (QED) is 0.655. The van der Waals surface area contributed by atoms with Gasteiger partial charge in [-0.2, -0.15) is 4.31 Å². The van der Waals surface area contributed by atoms with E-state index >= 15 is 0 Å². The van der Waals surface area contributed by atoms with Crippen molar-refractivity contribution < 1.29 is 13.2 Å². The summed E-state index contributed by atoms with van der Waals surface area (Å²) in [6.07, 6.45) is 3.16. The zero-order chi connectivity index (χ0) is 19.3. The molecule has 1 aliphatic heterocycles. The molecule has 1 aliphatic rings. The first-order valence-corrected chi connectivity index (χ1v) is 11.7. The molecule has 1 saturated heterocycles. The van der Waals surface area contributed by atoms with Crippen LogP contribution in [0.1, 0.15) is 30.4 Å². The number of hydrogen-bond acceptors (Lipinski definition) is 4. The topological polar surface area (TPSA) is 54.5 Å². The van der Waals surface area contributed by atoms with Crippen molar-refractivity contribution in [2.45, 2.75) is 43.5 Å². The van der Waals surface area contributed by atoms with Gasteiger partial charge in [0.05, 0.1) is 10.9 Å². The standard InChI is InChI=1S/C21H25NO3S2/c1-17-11-13-19(14-12-17)27(24,25)22-15-5-10-20(22)21(23)26-16-6-9-18-7-3-2-4-8-18/h2-4,7-8,11-14,20H,5-6,9-10,15-16H2,1H3. The Kier molecular flexibility index (Phi) is 6.73. The molecule has 6 heteroatoms. The van der Waals surface area contributed by atoms with E-state index in [1.54, 1.807) is 24.3 Å². The van der Waals surface area contributed by atoms with Crippen LogP contribution in [0.5, 0.6) is 0 Å². The van der Waals surface area contributed by atoms with Crippen molar-refractivity contribution in [2.24, 2.45) is 0 Å². The minimum absolute atomic E-state index is 0.0313. The van der Waals surface area contributed by atoms with Crippen LogP contribution in [0.3, 0.4) is 0 Å². The zero-order valence-electron chi connectivity index (χ0n) is 15.5. The maximum atomic E-state index is 12.9. The van der Waals surface area contributed by atoms with Crippen LogP contribution in [0.15, 0.2) is 59.5 Å². The SMILES string of the molecule is Cc1ccc(S(=O)(=O)N2CCCC2C(=O)SCCCc2ccccc2)cc1. The summed E-state index contributed by atoms with van der Waals surface area (Å²) in [6.45, 7) is 2.34. The van der Waals surface area contributed by atoms with Gasteiger partial charge in [-0.3, -0.25) is 4.79 Å². The number of sulfonamides is 1. The van der Waals surface area contributed by atoms with Crippen LogP contribution in [-0.2, 0) is 21.2 Å². The molecule has 2 aromatic rings. The molecule has 0 radical (unpaired) electrons. The first-order valence-electron chi connectivity index (χ1n) is 9.27. The molecule has 0 saturated carbocycles. The highest BCUT2D eigenvalue weighted by Gasteiger charge is 2.39. The van der Waals surface area contributed by atoms with Crippen LogP contribution in [0.2, 0.25) is 0 Å². The lowest BCUT2D eigenvalue weighted by Crippen LogP contribution is -2.39. The van der Waals surface area contributed by atoms with Crippen LogP contribution in [0.25, 0.3) is 0 Å². The van der Waals surface area contributed by atoms with Crippen molar-refractivity contribution >= 4 is 26.9 Å². The van der Waals surface area contributed by atoms with E-state index < -0.39 is 16.1 Å². The van der Waals surface area contributed by atoms with Gasteiger partial charge in [0.1, 0.15) is 0 Å². The van der Waals surface area contributed by atoms with E-state index in [1.165, 1.54) is 21.6 Å². The molecule has 0 aliphatic carbocycles. The van der Waals surface area contributed by atoms with E-state index in [9.17, 15) is 13.2 Å². The maximum absolute atomic E-state index is 12.9. The van der Waals surface area contributed by atoms with Crippen molar-refractivity contribution in [1.82, 2.24) is 4.31 Å². The highest BCUT2D eigenvalue weighted by molar-refractivity contribution is 8.13. The summed E-state index contributed by atoms with van der Waals surface area (Å²) in [6, 6.07) is 16.5. The fraction of sp³-hybridized carbons (Fsp3) is 0.381. The Hall–Kier alpha value is -1.63. The van der Waals surface area contributed by atoms with Gasteiger partial charge < -0.3 is 0 Å². The zero-order valence-corrected chi connectivity index (χ0v) is 17.1. The molecule has 0 spiro atoms. The molecular weight excluding hydrogens is 378 g/mol. The predicted octanol–water partition coefficient (Wildman–Crippen LogP) is 4.04. The fourth-order valence-electron chi connectivity index (χ4n) is 3.30. The number of rotatable bonds is 7. The van der Waals surface area contributed by atoms with Gasteiger partial charge in [-0.1, -0.05) is 59.8 Å². The monoisotopic (exact) mass is 403 g/mol. The van der Waals surface area contributed by atoms with Crippen LogP contribution in [0.4, 0.5) is 0 Å². The summed E-state index contributed by atoms with van der Waals surface area (Å²) in [7, 11) is -3.62. The first-order chi connectivity index (χ1) is 13.0. The predicted molar refractivity (Wildman–Crippen MR) is 110 cm³/mol. The lowest BCUT2D eigenvalue weighted by molar-refractivity contribution is -0.113. The minimum Gasteiger partial charge on any atom is -0.285 e. The molecule has 27 heavy (non-hydrogen) atoms. The summed E-state index contributed by atoms with van der Waals surface area (Å²) >= 11 is 1.27. The molecule has 0 aromatic heterocycles. The highest BCUT2D eigenvalue weighted by Crippen LogP contribution is 2.29. The Morgan fingerprint density at radius 2 is 1.81 bits per heavy atom. The lowest BCUT2D eigenvalue weighted by atomic mass is 10.1. The molecule has 2 aromatic carbocycles. The van der Waals surface area contributed by atoms with E-state index in [-0.39, 0.29) is 10.0 Å². The molecule has 0 N–H and O–H groups in total. The van der Waals surface area contributed by atoms with E-state index in [0.29, 0.717) is 18.7 Å². The third kappa shape index (κ3) is 5.00. The number of benzene rings is 2. The third-order valence-corrected chi connectivity index (χ3v) is 7.77. The number of aryl methyl sites for hydroxylation is 2. The van der Waals surface area contributed by atoms with Crippen molar-refractivity contribution in [3.63, 3.8) is 0 Å². The van der Waals surface area contributed by atoms with Crippen molar-refractivity contribution in [1.29, 1.82) is 0 Å². The summed E-state index contributed by atoms with van der Waals surface area (Å²) in [5.41, 5.74) is 2.27. The van der Waals surface area contributed by atoms with E-state index in [1.807, 2.05) is 25.1 Å². The molecule has 4 nitrogen and oxygen atoms in total. The van der Waals surface area contributed by atoms with E-state index in [0.717, 1.165) is 24.8 Å². The average Bonchev–Trinajstić information content (AvgIpc) is 3.17. The second kappa shape index (κ2) is 9.04. The Bertz CT molecular complexity index is 864. The van der Waals surface area contributed by atoms with Gasteiger partial charge >= 0.3 is 0 Å². The van der Waals surface area contributed by atoms with E-state index in [2.05, 4.69) is 12.1 Å². The molecule has 144 valence electrons. The molecule has 0 bridgehead atoms. The van der Waals surface area contributed by atoms with Crippen molar-refractivity contribution in [3.8, 4) is 0 Å². The second-order valence-electron chi connectivity index (χ2n) is 6.84. The van der Waals surface area contributed by atoms with E-state index in [4.69, 9.17) is 0 Å². The molecule has 1 atom stereocenters. The Balaban J connectivity index is 1.58. The van der Waals surface area contributed by atoms with Crippen LogP contribution < -0.4 is 0 Å². The first kappa shape index (κ1) is 20.1. The summed E-state index contributed by atoms with van der Waals surface area (Å²) in [5.74, 6) is 0.711. The van der Waals surface area contributed by atoms with Crippen LogP contribution in [0, 0.1) is 6.92 Å². The number of carbonyl (C=O) groups excluding carboxylic acids is 1. The fourth-order valence-corrected chi connectivity index (χ4v) is 5.95. The number of carbonyl (C=O) groups is 1. The number of thioether (sulfide) groups is 1. The largest absolute Gasteiger partial charge is 0.285 e. The summed E-state index contributed by atoms with van der Waals surface area (Å²) < 4.78 is 27.3. The van der Waals surface area contributed by atoms with Gasteiger partial charge in [0, 0.05) is 12.3 Å². The van der Waals surface area contributed by atoms with Gasteiger partial charge in [0.15, 0.2) is 0 Å². The number of hydrogen-bond donors (Lipinski definition) is 0. The third-order valence-electron chi connectivity index (χ3n) is 4.80. The summed E-state index contributed by atoms with van der Waals surface area (Å²) in [5, 5.41) is -0.0313. The Morgan fingerprint density at radius 3 is 2.52 bits per heavy atom. The van der Waals surface area contributed by atoms with Crippen molar-refractivity contribution in [2.75, 3.05) is 12.3 Å². The van der Waals surface area contributed by atoms with Gasteiger partial charge in [-0.15, -0.1) is 0 Å². The highest BCUT2D eigenvalue weighted by atomic mass is 32.2. The molecule has 0 amide bonds. The van der Waals surface area contributed by atoms with Gasteiger partial charge in [-0.05, 0) is 50.3 Å². The number of nitrogens with zero attached hydrogens (tertiary/aromatic N) is 1. The van der Waals surface area contributed by atoms with Gasteiger partial charge in [0.25, 0.3) is 0 Å². The Morgan fingerprint density at radius 1 is 1.11 bits per heavy atom. The maximum Gasteiger partial charge on any atom is 0.243 e.